The maximum atomic E-state index is 12.5. The van der Waals surface area contributed by atoms with Crippen LogP contribution in [0.25, 0.3) is 0 Å². The molecule has 1 atom stereocenters. The monoisotopic (exact) mass is 322 g/mol. The molecule has 0 aliphatic rings. The lowest BCUT2D eigenvalue weighted by atomic mass is 9.94. The van der Waals surface area contributed by atoms with Crippen molar-refractivity contribution in [2.75, 3.05) is 7.11 Å². The van der Waals surface area contributed by atoms with Gasteiger partial charge in [-0.3, -0.25) is 0 Å². The van der Waals surface area contributed by atoms with Crippen LogP contribution >= 0.6 is 11.6 Å². The number of aliphatic hydroxyl groups is 1. The third kappa shape index (κ3) is 3.69. The number of methoxy groups -OCH3 is 1. The van der Waals surface area contributed by atoms with Crippen molar-refractivity contribution in [1.82, 2.24) is 0 Å². The molecule has 0 spiro atoms. The Balaban J connectivity index is 3.33. The van der Waals surface area contributed by atoms with Crippen LogP contribution in [0.4, 0.5) is 26.3 Å². The van der Waals surface area contributed by atoms with Crippen molar-refractivity contribution in [1.29, 1.82) is 0 Å². The van der Waals surface area contributed by atoms with Crippen LogP contribution in [0.15, 0.2) is 18.2 Å². The van der Waals surface area contributed by atoms with Gasteiger partial charge in [0.1, 0.15) is 11.9 Å². The van der Waals surface area contributed by atoms with E-state index >= 15 is 0 Å². The second-order valence-corrected chi connectivity index (χ2v) is 4.33. The van der Waals surface area contributed by atoms with Gasteiger partial charge in [-0.2, -0.15) is 26.3 Å². The number of halogens is 7. The van der Waals surface area contributed by atoms with Gasteiger partial charge in [-0.05, 0) is 18.2 Å². The quantitative estimate of drug-likeness (QED) is 0.848. The summed E-state index contributed by atoms with van der Waals surface area (Å²) >= 11 is 5.52. The van der Waals surface area contributed by atoms with Gasteiger partial charge in [0.15, 0.2) is 5.92 Å². The summed E-state index contributed by atoms with van der Waals surface area (Å²) in [5, 5.41) is 9.39. The SMILES string of the molecule is COc1ccc(Cl)cc1C(O)C(C(F)(F)F)C(F)(F)F. The van der Waals surface area contributed by atoms with E-state index < -0.39 is 29.9 Å². The predicted octanol–water partition coefficient (Wildman–Crippen LogP) is 4.12. The third-order valence-electron chi connectivity index (χ3n) is 2.53. The summed E-state index contributed by atoms with van der Waals surface area (Å²) in [6.45, 7) is 0. The first kappa shape index (κ1) is 16.9. The molecule has 9 heteroatoms. The van der Waals surface area contributed by atoms with Crippen LogP contribution in [0.2, 0.25) is 5.02 Å². The van der Waals surface area contributed by atoms with Crippen LogP contribution in [-0.4, -0.2) is 24.6 Å². The molecule has 1 N–H and O–H groups in total. The van der Waals surface area contributed by atoms with Crippen molar-refractivity contribution < 1.29 is 36.2 Å². The molecule has 0 heterocycles. The zero-order valence-electron chi connectivity index (χ0n) is 9.89. The lowest BCUT2D eigenvalue weighted by Crippen LogP contribution is -2.41. The molecule has 0 aliphatic carbocycles. The van der Waals surface area contributed by atoms with E-state index in [1.807, 2.05) is 0 Å². The van der Waals surface area contributed by atoms with Crippen molar-refractivity contribution in [2.45, 2.75) is 18.5 Å². The molecule has 1 aromatic carbocycles. The van der Waals surface area contributed by atoms with Crippen molar-refractivity contribution in [2.24, 2.45) is 5.92 Å². The Morgan fingerprint density at radius 2 is 1.60 bits per heavy atom. The van der Waals surface area contributed by atoms with Crippen molar-refractivity contribution in [3.8, 4) is 5.75 Å². The molecule has 0 amide bonds. The molecule has 0 saturated heterocycles. The Kier molecular flexibility index (Phi) is 4.81. The van der Waals surface area contributed by atoms with Gasteiger partial charge in [0.25, 0.3) is 0 Å². The first-order valence-corrected chi connectivity index (χ1v) is 5.51. The lowest BCUT2D eigenvalue weighted by Gasteiger charge is -2.28. The highest BCUT2D eigenvalue weighted by Gasteiger charge is 2.60. The Morgan fingerprint density at radius 1 is 1.10 bits per heavy atom. The van der Waals surface area contributed by atoms with E-state index in [1.165, 1.54) is 6.07 Å². The smallest absolute Gasteiger partial charge is 0.403 e. The van der Waals surface area contributed by atoms with Crippen LogP contribution in [-0.2, 0) is 0 Å². The Bertz CT molecular complexity index is 457. The lowest BCUT2D eigenvalue weighted by molar-refractivity contribution is -0.307. The number of hydrogen-bond acceptors (Lipinski definition) is 2. The van der Waals surface area contributed by atoms with E-state index in [-0.39, 0.29) is 10.8 Å². The van der Waals surface area contributed by atoms with Gasteiger partial charge in [0.05, 0.1) is 7.11 Å². The fraction of sp³-hybridized carbons (Fsp3) is 0.455. The van der Waals surface area contributed by atoms with E-state index in [9.17, 15) is 31.4 Å². The maximum absolute atomic E-state index is 12.5. The molecule has 0 saturated carbocycles. The molecular weight excluding hydrogens is 314 g/mol. The van der Waals surface area contributed by atoms with E-state index in [4.69, 9.17) is 11.6 Å². The first-order valence-electron chi connectivity index (χ1n) is 5.13. The molecule has 20 heavy (non-hydrogen) atoms. The molecule has 0 bridgehead atoms. The normalized spacial score (nSPS) is 14.5. The molecule has 1 rings (SSSR count). The highest BCUT2D eigenvalue weighted by Crippen LogP contribution is 2.48. The minimum atomic E-state index is -5.66. The second kappa shape index (κ2) is 5.69. The number of alkyl halides is 6. The van der Waals surface area contributed by atoms with Gasteiger partial charge in [0.2, 0.25) is 0 Å². The molecular formula is C11H9ClF6O2. The topological polar surface area (TPSA) is 29.5 Å². The molecule has 0 radical (unpaired) electrons. The molecule has 2 nitrogen and oxygen atoms in total. The zero-order chi connectivity index (χ0) is 15.7. The van der Waals surface area contributed by atoms with Crippen LogP contribution < -0.4 is 4.74 Å². The minimum absolute atomic E-state index is 0.122. The summed E-state index contributed by atoms with van der Waals surface area (Å²) in [5.41, 5.74) is -0.681. The fourth-order valence-corrected chi connectivity index (χ4v) is 1.84. The van der Waals surface area contributed by atoms with Crippen molar-refractivity contribution >= 4 is 11.6 Å². The molecule has 0 aliphatic heterocycles. The average molecular weight is 323 g/mol. The summed E-state index contributed by atoms with van der Waals surface area (Å²) in [5.74, 6) is -4.25. The highest BCUT2D eigenvalue weighted by atomic mass is 35.5. The molecule has 1 aromatic rings. The Hall–Kier alpha value is -1.15. The van der Waals surface area contributed by atoms with Crippen molar-refractivity contribution in [3.63, 3.8) is 0 Å². The third-order valence-corrected chi connectivity index (χ3v) is 2.77. The van der Waals surface area contributed by atoms with Gasteiger partial charge in [-0.15, -0.1) is 0 Å². The minimum Gasteiger partial charge on any atom is -0.496 e. The largest absolute Gasteiger partial charge is 0.496 e. The summed E-state index contributed by atoms with van der Waals surface area (Å²) in [6.07, 6.45) is -14.2. The second-order valence-electron chi connectivity index (χ2n) is 3.89. The van der Waals surface area contributed by atoms with Gasteiger partial charge in [-0.25, -0.2) is 0 Å². The zero-order valence-corrected chi connectivity index (χ0v) is 10.6. The van der Waals surface area contributed by atoms with Crippen LogP contribution in [0, 0.1) is 5.92 Å². The summed E-state index contributed by atoms with van der Waals surface area (Å²) < 4.78 is 79.9. The van der Waals surface area contributed by atoms with Gasteiger partial charge in [0, 0.05) is 10.6 Å². The highest BCUT2D eigenvalue weighted by molar-refractivity contribution is 6.30. The van der Waals surface area contributed by atoms with Crippen molar-refractivity contribution in [3.05, 3.63) is 28.8 Å². The fourth-order valence-electron chi connectivity index (χ4n) is 1.66. The van der Waals surface area contributed by atoms with Gasteiger partial charge in [-0.1, -0.05) is 11.6 Å². The van der Waals surface area contributed by atoms with E-state index in [2.05, 4.69) is 4.74 Å². The first-order chi connectivity index (χ1) is 8.98. The van der Waals surface area contributed by atoms with E-state index in [0.717, 1.165) is 19.2 Å². The Labute approximate surface area is 114 Å². The average Bonchev–Trinajstić information content (AvgIpc) is 2.24. The number of rotatable bonds is 3. The molecule has 114 valence electrons. The number of ether oxygens (including phenoxy) is 1. The predicted molar refractivity (Wildman–Crippen MR) is 58.6 cm³/mol. The summed E-state index contributed by atoms with van der Waals surface area (Å²) in [7, 11) is 1.05. The number of aliphatic hydroxyl groups excluding tert-OH is 1. The molecule has 1 unspecified atom stereocenters. The molecule has 0 aromatic heterocycles. The van der Waals surface area contributed by atoms with Crippen LogP contribution in [0.5, 0.6) is 5.75 Å². The van der Waals surface area contributed by atoms with E-state index in [0.29, 0.717) is 0 Å². The van der Waals surface area contributed by atoms with Gasteiger partial charge >= 0.3 is 12.4 Å². The van der Waals surface area contributed by atoms with Crippen LogP contribution in [0.1, 0.15) is 11.7 Å². The van der Waals surface area contributed by atoms with Crippen LogP contribution in [0.3, 0.4) is 0 Å². The van der Waals surface area contributed by atoms with Gasteiger partial charge < -0.3 is 9.84 Å². The standard InChI is InChI=1S/C11H9ClF6O2/c1-20-7-3-2-5(12)4-6(7)8(19)9(10(13,14)15)11(16,17)18/h2-4,8-9,19H,1H3. The Morgan fingerprint density at radius 3 is 2.00 bits per heavy atom. The summed E-state index contributed by atoms with van der Waals surface area (Å²) in [4.78, 5) is 0. The number of benzene rings is 1. The summed E-state index contributed by atoms with van der Waals surface area (Å²) in [6, 6.07) is 3.09. The number of hydrogen-bond donors (Lipinski definition) is 1. The van der Waals surface area contributed by atoms with E-state index in [1.54, 1.807) is 0 Å². The molecule has 0 fully saturated rings. The maximum Gasteiger partial charge on any atom is 0.403 e.